The van der Waals surface area contributed by atoms with E-state index in [1.54, 1.807) is 0 Å². The summed E-state index contributed by atoms with van der Waals surface area (Å²) in [5, 5.41) is 5.51. The Morgan fingerprint density at radius 2 is 2.46 bits per heavy atom. The van der Waals surface area contributed by atoms with E-state index < -0.39 is 11.6 Å². The van der Waals surface area contributed by atoms with Crippen LogP contribution in [0.15, 0.2) is 0 Å². The van der Waals surface area contributed by atoms with Crippen LogP contribution in [-0.2, 0) is 4.79 Å². The van der Waals surface area contributed by atoms with Crippen LogP contribution in [0.4, 0.5) is 4.39 Å². The molecule has 76 valence electrons. The Morgan fingerprint density at radius 3 is 2.92 bits per heavy atom. The lowest BCUT2D eigenvalue weighted by molar-refractivity contribution is -0.132. The maximum absolute atomic E-state index is 13.7. The number of halogens is 1. The zero-order valence-corrected chi connectivity index (χ0v) is 8.19. The van der Waals surface area contributed by atoms with Gasteiger partial charge in [0.05, 0.1) is 0 Å². The molecule has 3 nitrogen and oxygen atoms in total. The average Bonchev–Trinajstić information content (AvgIpc) is 2.53. The van der Waals surface area contributed by atoms with Crippen LogP contribution in [0.5, 0.6) is 0 Å². The van der Waals surface area contributed by atoms with Crippen molar-refractivity contribution in [2.45, 2.75) is 38.4 Å². The third-order valence-electron chi connectivity index (χ3n) is 2.50. The predicted octanol–water partition coefficient (Wildman–Crippen LogP) is 0.603. The molecule has 0 radical (unpaired) electrons. The Hall–Kier alpha value is -0.640. The molecule has 0 bridgehead atoms. The van der Waals surface area contributed by atoms with E-state index in [9.17, 15) is 9.18 Å². The number of nitrogens with one attached hydrogen (secondary N) is 2. The fraction of sp³-hybridized carbons (Fsp3) is 0.889. The van der Waals surface area contributed by atoms with Gasteiger partial charge in [0.1, 0.15) is 0 Å². The molecule has 1 rings (SSSR count). The van der Waals surface area contributed by atoms with Crippen LogP contribution in [0.1, 0.15) is 26.7 Å². The first-order chi connectivity index (χ1) is 6.08. The molecule has 2 unspecified atom stereocenters. The van der Waals surface area contributed by atoms with E-state index in [2.05, 4.69) is 10.6 Å². The molecule has 1 heterocycles. The highest BCUT2D eigenvalue weighted by molar-refractivity contribution is 5.86. The molecule has 0 aromatic carbocycles. The van der Waals surface area contributed by atoms with Crippen molar-refractivity contribution in [1.82, 2.24) is 10.6 Å². The van der Waals surface area contributed by atoms with Gasteiger partial charge in [-0.15, -0.1) is 0 Å². The fourth-order valence-corrected chi connectivity index (χ4v) is 1.31. The number of carbonyl (C=O) groups is 1. The third kappa shape index (κ3) is 2.40. The zero-order valence-electron chi connectivity index (χ0n) is 8.19. The minimum Gasteiger partial charge on any atom is -0.351 e. The van der Waals surface area contributed by atoms with E-state index in [0.29, 0.717) is 6.54 Å². The summed E-state index contributed by atoms with van der Waals surface area (Å²) in [4.78, 5) is 11.4. The maximum atomic E-state index is 13.7. The summed E-state index contributed by atoms with van der Waals surface area (Å²) in [7, 11) is 0. The third-order valence-corrected chi connectivity index (χ3v) is 2.50. The van der Waals surface area contributed by atoms with Gasteiger partial charge in [0.15, 0.2) is 0 Å². The minimum absolute atomic E-state index is 0.0562. The highest BCUT2D eigenvalue weighted by atomic mass is 19.1. The van der Waals surface area contributed by atoms with Crippen LogP contribution in [0.25, 0.3) is 0 Å². The second kappa shape index (κ2) is 4.05. The van der Waals surface area contributed by atoms with Gasteiger partial charge < -0.3 is 10.6 Å². The van der Waals surface area contributed by atoms with E-state index in [1.807, 2.05) is 13.8 Å². The molecule has 2 N–H and O–H groups in total. The van der Waals surface area contributed by atoms with E-state index in [1.165, 1.54) is 0 Å². The molecule has 1 saturated heterocycles. The number of hydrogen-bond acceptors (Lipinski definition) is 2. The van der Waals surface area contributed by atoms with E-state index in [4.69, 9.17) is 0 Å². The molecular formula is C9H17FN2O. The quantitative estimate of drug-likeness (QED) is 0.681. The molecule has 4 heteroatoms. The molecule has 0 aromatic heterocycles. The van der Waals surface area contributed by atoms with Crippen molar-refractivity contribution in [2.24, 2.45) is 0 Å². The van der Waals surface area contributed by atoms with Gasteiger partial charge in [-0.2, -0.15) is 0 Å². The highest BCUT2D eigenvalue weighted by Gasteiger charge is 2.41. The lowest BCUT2D eigenvalue weighted by Crippen LogP contribution is -2.47. The molecule has 0 aliphatic carbocycles. The summed E-state index contributed by atoms with van der Waals surface area (Å²) in [5.41, 5.74) is -1.68. The number of carbonyl (C=O) groups excluding carboxylic acids is 1. The Labute approximate surface area is 78.1 Å². The monoisotopic (exact) mass is 188 g/mol. The first kappa shape index (κ1) is 10.4. The molecule has 0 aromatic rings. The van der Waals surface area contributed by atoms with Crippen LogP contribution in [-0.4, -0.2) is 30.7 Å². The molecule has 1 aliphatic heterocycles. The van der Waals surface area contributed by atoms with Crippen LogP contribution in [0, 0.1) is 0 Å². The second-order valence-corrected chi connectivity index (χ2v) is 3.67. The van der Waals surface area contributed by atoms with E-state index >= 15 is 0 Å². The first-order valence-electron chi connectivity index (χ1n) is 4.79. The van der Waals surface area contributed by atoms with Gasteiger partial charge in [-0.3, -0.25) is 4.79 Å². The fourth-order valence-electron chi connectivity index (χ4n) is 1.31. The maximum Gasteiger partial charge on any atom is 0.259 e. The number of alkyl halides is 1. The summed E-state index contributed by atoms with van der Waals surface area (Å²) < 4.78 is 13.7. The largest absolute Gasteiger partial charge is 0.351 e. The second-order valence-electron chi connectivity index (χ2n) is 3.67. The van der Waals surface area contributed by atoms with E-state index in [0.717, 1.165) is 6.42 Å². The van der Waals surface area contributed by atoms with Crippen LogP contribution in [0.2, 0.25) is 0 Å². The van der Waals surface area contributed by atoms with E-state index in [-0.39, 0.29) is 19.0 Å². The first-order valence-corrected chi connectivity index (χ1v) is 4.79. The van der Waals surface area contributed by atoms with Gasteiger partial charge in [0.2, 0.25) is 5.67 Å². The number of amides is 1. The Kier molecular flexibility index (Phi) is 3.25. The Bertz CT molecular complexity index is 190. The van der Waals surface area contributed by atoms with Crippen molar-refractivity contribution in [1.29, 1.82) is 0 Å². The van der Waals surface area contributed by atoms with Gasteiger partial charge >= 0.3 is 0 Å². The van der Waals surface area contributed by atoms with Crippen molar-refractivity contribution in [3.8, 4) is 0 Å². The highest BCUT2D eigenvalue weighted by Crippen LogP contribution is 2.19. The minimum atomic E-state index is -1.68. The lowest BCUT2D eigenvalue weighted by atomic mass is 10.0. The number of rotatable bonds is 3. The molecule has 1 aliphatic rings. The molecule has 1 amide bonds. The van der Waals surface area contributed by atoms with Crippen molar-refractivity contribution in [2.75, 3.05) is 13.1 Å². The van der Waals surface area contributed by atoms with Crippen LogP contribution < -0.4 is 10.6 Å². The summed E-state index contributed by atoms with van der Waals surface area (Å²) in [6.45, 7) is 4.58. The van der Waals surface area contributed by atoms with Crippen LogP contribution >= 0.6 is 0 Å². The zero-order chi connectivity index (χ0) is 9.90. The summed E-state index contributed by atoms with van der Waals surface area (Å²) in [6.07, 6.45) is 1.12. The van der Waals surface area contributed by atoms with Crippen molar-refractivity contribution < 1.29 is 9.18 Å². The molecule has 0 saturated carbocycles. The Morgan fingerprint density at radius 1 is 1.77 bits per heavy atom. The average molecular weight is 188 g/mol. The lowest BCUT2D eigenvalue weighted by Gasteiger charge is -2.20. The predicted molar refractivity (Wildman–Crippen MR) is 49.2 cm³/mol. The molecule has 2 atom stereocenters. The summed E-state index contributed by atoms with van der Waals surface area (Å²) in [6, 6.07) is 0.0562. The van der Waals surface area contributed by atoms with Crippen molar-refractivity contribution in [3.63, 3.8) is 0 Å². The molecule has 1 fully saturated rings. The topological polar surface area (TPSA) is 41.1 Å². The van der Waals surface area contributed by atoms with Crippen LogP contribution in [0.3, 0.4) is 0 Å². The van der Waals surface area contributed by atoms with Gasteiger partial charge in [-0.05, 0) is 19.9 Å². The molecule has 0 spiro atoms. The van der Waals surface area contributed by atoms with Gasteiger partial charge in [-0.25, -0.2) is 4.39 Å². The Balaban J connectivity index is 2.46. The standard InChI is InChI=1S/C9H17FN2O/c1-3-7(2)12-8(13)9(10)4-5-11-6-9/h7,11H,3-6H2,1-2H3,(H,12,13). The van der Waals surface area contributed by atoms with Crippen molar-refractivity contribution in [3.05, 3.63) is 0 Å². The van der Waals surface area contributed by atoms with Gasteiger partial charge in [-0.1, -0.05) is 6.92 Å². The normalized spacial score (nSPS) is 30.1. The summed E-state index contributed by atoms with van der Waals surface area (Å²) >= 11 is 0. The molecular weight excluding hydrogens is 171 g/mol. The number of hydrogen-bond donors (Lipinski definition) is 2. The molecule has 13 heavy (non-hydrogen) atoms. The summed E-state index contributed by atoms with van der Waals surface area (Å²) in [5.74, 6) is -0.466. The van der Waals surface area contributed by atoms with Gasteiger partial charge in [0.25, 0.3) is 5.91 Å². The smallest absolute Gasteiger partial charge is 0.259 e. The van der Waals surface area contributed by atoms with Gasteiger partial charge in [0, 0.05) is 19.0 Å². The SMILES string of the molecule is CCC(C)NC(=O)C1(F)CCNC1. The van der Waals surface area contributed by atoms with Crippen molar-refractivity contribution >= 4 is 5.91 Å².